The summed E-state index contributed by atoms with van der Waals surface area (Å²) < 4.78 is 10.5. The van der Waals surface area contributed by atoms with Gasteiger partial charge in [0.1, 0.15) is 5.75 Å². The molecule has 0 saturated heterocycles. The Morgan fingerprint density at radius 3 is 2.70 bits per heavy atom. The third-order valence-electron chi connectivity index (χ3n) is 0.780. The lowest BCUT2D eigenvalue weighted by molar-refractivity contribution is 0.603. The van der Waals surface area contributed by atoms with Crippen molar-refractivity contribution in [2.75, 3.05) is 24.0 Å². The molecule has 0 N–H and O–H groups in total. The molecule has 0 amide bonds. The molecule has 0 aliphatic heterocycles. The van der Waals surface area contributed by atoms with Gasteiger partial charge in [-0.3, -0.25) is 0 Å². The highest BCUT2D eigenvalue weighted by Gasteiger charge is 1.88. The first-order valence-corrected chi connectivity index (χ1v) is 7.33. The molecule has 0 aromatic heterocycles. The molecule has 1 atom stereocenters. The van der Waals surface area contributed by atoms with Crippen molar-refractivity contribution in [2.45, 2.75) is 0 Å². The average molecular weight is 196 g/mol. The zero-order valence-electron chi connectivity index (χ0n) is 6.20. The number of hydrogen-bond acceptors (Lipinski definition) is 3. The summed E-state index contributed by atoms with van der Waals surface area (Å²) in [6.45, 7) is 0. The highest BCUT2D eigenvalue weighted by molar-refractivity contribution is 8.76. The predicted octanol–water partition coefficient (Wildman–Crippen LogP) is 1.93. The second-order valence-electron chi connectivity index (χ2n) is 1.66. The van der Waals surface area contributed by atoms with Crippen LogP contribution in [0.4, 0.5) is 0 Å². The maximum absolute atomic E-state index is 10.5. The Labute approximate surface area is 73.6 Å². The fraction of sp³-hybridized carbons (Fsp3) is 0.667. The lowest BCUT2D eigenvalue weighted by Crippen LogP contribution is -1.99. The quantitative estimate of drug-likeness (QED) is 0.290. The number of hydrogen-bond donors (Lipinski definition) is 0. The average Bonchev–Trinajstić information content (AvgIpc) is 1.87. The first-order chi connectivity index (χ1) is 4.77. The zero-order valence-corrected chi connectivity index (χ0v) is 8.65. The highest BCUT2D eigenvalue weighted by Crippen LogP contribution is 2.15. The van der Waals surface area contributed by atoms with Gasteiger partial charge in [0.05, 0.1) is 6.26 Å². The lowest BCUT2D eigenvalue weighted by Gasteiger charge is -1.98. The molecule has 0 rings (SSSR count). The van der Waals surface area contributed by atoms with Crippen LogP contribution in [0.5, 0.6) is 0 Å². The van der Waals surface area contributed by atoms with Gasteiger partial charge in [-0.15, -0.1) is 0 Å². The normalized spacial score (nSPS) is 14.3. The van der Waals surface area contributed by atoms with Crippen molar-refractivity contribution in [3.05, 3.63) is 12.2 Å². The summed E-state index contributed by atoms with van der Waals surface area (Å²) in [5, 5.41) is 0. The van der Waals surface area contributed by atoms with E-state index < -0.39 is 11.2 Å². The van der Waals surface area contributed by atoms with Gasteiger partial charge in [0.2, 0.25) is 0 Å². The van der Waals surface area contributed by atoms with E-state index in [2.05, 4.69) is 12.3 Å². The van der Waals surface area contributed by atoms with Gasteiger partial charge >= 0.3 is 0 Å². The van der Waals surface area contributed by atoms with Crippen molar-refractivity contribution < 1.29 is 4.55 Å². The molecule has 0 aliphatic rings. The van der Waals surface area contributed by atoms with Crippen molar-refractivity contribution in [3.8, 4) is 0 Å². The minimum atomic E-state index is -0.674. The van der Waals surface area contributed by atoms with E-state index >= 15 is 0 Å². The fourth-order valence-corrected chi connectivity index (χ4v) is 1.78. The molecule has 0 radical (unpaired) electrons. The molecule has 0 aromatic rings. The molecule has 0 aliphatic carbocycles. The van der Waals surface area contributed by atoms with Crippen LogP contribution < -0.4 is 0 Å². The van der Waals surface area contributed by atoms with Gasteiger partial charge in [-0.25, -0.2) is 0 Å². The Morgan fingerprint density at radius 1 is 1.50 bits per heavy atom. The van der Waals surface area contributed by atoms with Gasteiger partial charge in [0, 0.05) is 5.75 Å². The molecule has 60 valence electrons. The Balaban J connectivity index is 3.04. The van der Waals surface area contributed by atoms with E-state index in [1.807, 2.05) is 6.08 Å². The van der Waals surface area contributed by atoms with Crippen LogP contribution in [0.3, 0.4) is 0 Å². The van der Waals surface area contributed by atoms with Crippen molar-refractivity contribution in [1.82, 2.24) is 0 Å². The summed E-state index contributed by atoms with van der Waals surface area (Å²) in [5.74, 6) is 1.70. The van der Waals surface area contributed by atoms with Crippen molar-refractivity contribution in [3.63, 3.8) is 0 Å². The SMILES string of the molecule is CSSC/C=C\C[S+](C)[O-]. The van der Waals surface area contributed by atoms with E-state index in [9.17, 15) is 4.55 Å². The lowest BCUT2D eigenvalue weighted by atomic mass is 10.6. The smallest absolute Gasteiger partial charge is 0.123 e. The maximum atomic E-state index is 10.5. The molecule has 0 saturated carbocycles. The molecule has 10 heavy (non-hydrogen) atoms. The third kappa shape index (κ3) is 8.75. The first kappa shape index (κ1) is 10.8. The van der Waals surface area contributed by atoms with Crippen molar-refractivity contribution in [1.29, 1.82) is 0 Å². The summed E-state index contributed by atoms with van der Waals surface area (Å²) in [5.41, 5.74) is 0. The zero-order chi connectivity index (χ0) is 7.82. The third-order valence-corrected chi connectivity index (χ3v) is 3.12. The molecular weight excluding hydrogens is 184 g/mol. The monoisotopic (exact) mass is 196 g/mol. The van der Waals surface area contributed by atoms with Crippen LogP contribution in [0.2, 0.25) is 0 Å². The van der Waals surface area contributed by atoms with E-state index in [0.29, 0.717) is 5.75 Å². The van der Waals surface area contributed by atoms with Crippen LogP contribution in [0.1, 0.15) is 0 Å². The van der Waals surface area contributed by atoms with Crippen LogP contribution in [-0.4, -0.2) is 28.6 Å². The molecular formula is C6H12OS3. The van der Waals surface area contributed by atoms with Crippen molar-refractivity contribution in [2.24, 2.45) is 0 Å². The van der Waals surface area contributed by atoms with Gasteiger partial charge in [0.15, 0.2) is 0 Å². The topological polar surface area (TPSA) is 23.1 Å². The molecule has 4 heteroatoms. The van der Waals surface area contributed by atoms with E-state index in [0.717, 1.165) is 5.75 Å². The Bertz CT molecular complexity index is 93.0. The molecule has 1 nitrogen and oxygen atoms in total. The van der Waals surface area contributed by atoms with Crippen molar-refractivity contribution >= 4 is 32.8 Å². The van der Waals surface area contributed by atoms with Gasteiger partial charge in [-0.05, 0) is 12.3 Å². The Kier molecular flexibility index (Phi) is 8.44. The Morgan fingerprint density at radius 2 is 2.20 bits per heavy atom. The standard InChI is InChI=1S/C6H12OS3/c1-8-9-5-3-4-6-10(2)7/h3-4H,5-6H2,1-2H3/b4-3-. The van der Waals surface area contributed by atoms with Crippen LogP contribution in [0, 0.1) is 0 Å². The molecule has 0 spiro atoms. The molecule has 0 fully saturated rings. The minimum absolute atomic E-state index is 0.674. The van der Waals surface area contributed by atoms with E-state index in [1.165, 1.54) is 0 Å². The van der Waals surface area contributed by atoms with Crippen LogP contribution in [-0.2, 0) is 11.2 Å². The van der Waals surface area contributed by atoms with Crippen LogP contribution >= 0.6 is 21.6 Å². The number of rotatable bonds is 5. The minimum Gasteiger partial charge on any atom is -0.616 e. The van der Waals surface area contributed by atoms with Gasteiger partial charge < -0.3 is 4.55 Å². The summed E-state index contributed by atoms with van der Waals surface area (Å²) in [4.78, 5) is 0. The maximum Gasteiger partial charge on any atom is 0.123 e. The molecule has 0 aromatic carbocycles. The summed E-state index contributed by atoms with van der Waals surface area (Å²) in [6, 6.07) is 0. The van der Waals surface area contributed by atoms with Crippen LogP contribution in [0.15, 0.2) is 12.2 Å². The first-order valence-electron chi connectivity index (χ1n) is 2.88. The van der Waals surface area contributed by atoms with E-state index in [-0.39, 0.29) is 0 Å². The highest BCUT2D eigenvalue weighted by atomic mass is 33.1. The molecule has 0 heterocycles. The summed E-state index contributed by atoms with van der Waals surface area (Å²) in [7, 11) is 3.54. The second kappa shape index (κ2) is 7.85. The van der Waals surface area contributed by atoms with Gasteiger partial charge in [-0.2, -0.15) is 0 Å². The largest absolute Gasteiger partial charge is 0.616 e. The molecule has 1 unspecified atom stereocenters. The summed E-state index contributed by atoms with van der Waals surface area (Å²) in [6.07, 6.45) is 7.80. The summed E-state index contributed by atoms with van der Waals surface area (Å²) >= 11 is -0.674. The van der Waals surface area contributed by atoms with Gasteiger partial charge in [-0.1, -0.05) is 38.8 Å². The van der Waals surface area contributed by atoms with E-state index in [1.54, 1.807) is 27.8 Å². The van der Waals surface area contributed by atoms with E-state index in [4.69, 9.17) is 0 Å². The van der Waals surface area contributed by atoms with Gasteiger partial charge in [0.25, 0.3) is 0 Å². The molecule has 0 bridgehead atoms. The predicted molar refractivity (Wildman–Crippen MR) is 54.0 cm³/mol. The second-order valence-corrected chi connectivity index (χ2v) is 5.75. The van der Waals surface area contributed by atoms with Crippen LogP contribution in [0.25, 0.3) is 0 Å². The fourth-order valence-electron chi connectivity index (χ4n) is 0.379. The Hall–Kier alpha value is 0.750.